The minimum atomic E-state index is -0.474. The molecule has 1 amide bonds. The van der Waals surface area contributed by atoms with Gasteiger partial charge in [-0.05, 0) is 39.5 Å². The van der Waals surface area contributed by atoms with Gasteiger partial charge in [-0.15, -0.1) is 0 Å². The summed E-state index contributed by atoms with van der Waals surface area (Å²) in [5.41, 5.74) is -0.474. The number of esters is 1. The van der Waals surface area contributed by atoms with Gasteiger partial charge in [0.05, 0.1) is 13.5 Å². The second-order valence-corrected chi connectivity index (χ2v) is 6.46. The number of rotatable bonds is 6. The third-order valence-electron chi connectivity index (χ3n) is 3.53. The number of carbonyl (C=O) groups is 2. The molecular weight excluding hydrogens is 272 g/mol. The van der Waals surface area contributed by atoms with Gasteiger partial charge in [0, 0.05) is 19.1 Å². The molecule has 1 rings (SSSR count). The smallest absolute Gasteiger partial charge is 0.407 e. The molecule has 2 N–H and O–H groups in total. The number of methoxy groups -OCH3 is 1. The molecule has 1 aliphatic carbocycles. The molecule has 1 aliphatic rings. The molecule has 0 aromatic carbocycles. The topological polar surface area (TPSA) is 76.7 Å². The van der Waals surface area contributed by atoms with Crippen LogP contribution in [0.15, 0.2) is 0 Å². The van der Waals surface area contributed by atoms with Crippen LogP contribution in [0.3, 0.4) is 0 Å². The van der Waals surface area contributed by atoms with Gasteiger partial charge in [0.1, 0.15) is 5.60 Å². The van der Waals surface area contributed by atoms with Gasteiger partial charge in [-0.25, -0.2) is 4.79 Å². The Hall–Kier alpha value is -1.30. The van der Waals surface area contributed by atoms with E-state index in [0.29, 0.717) is 31.5 Å². The molecule has 6 heteroatoms. The highest BCUT2D eigenvalue weighted by atomic mass is 16.6. The fourth-order valence-corrected chi connectivity index (χ4v) is 2.54. The average molecular weight is 300 g/mol. The van der Waals surface area contributed by atoms with Crippen molar-refractivity contribution >= 4 is 12.1 Å². The first-order valence-corrected chi connectivity index (χ1v) is 7.59. The van der Waals surface area contributed by atoms with E-state index in [1.54, 1.807) is 0 Å². The number of amides is 1. The lowest BCUT2D eigenvalue weighted by Crippen LogP contribution is -2.41. The van der Waals surface area contributed by atoms with Gasteiger partial charge in [-0.1, -0.05) is 6.42 Å². The first-order valence-electron chi connectivity index (χ1n) is 7.59. The molecule has 21 heavy (non-hydrogen) atoms. The maximum Gasteiger partial charge on any atom is 0.407 e. The van der Waals surface area contributed by atoms with E-state index in [0.717, 1.165) is 19.3 Å². The van der Waals surface area contributed by atoms with Crippen LogP contribution in [0.5, 0.6) is 0 Å². The minimum absolute atomic E-state index is 0.205. The van der Waals surface area contributed by atoms with Crippen molar-refractivity contribution in [2.45, 2.75) is 58.1 Å². The number of carbonyl (C=O) groups excluding carboxylic acids is 2. The van der Waals surface area contributed by atoms with Gasteiger partial charge in [-0.2, -0.15) is 0 Å². The van der Waals surface area contributed by atoms with Crippen LogP contribution in [0.4, 0.5) is 4.79 Å². The Labute approximate surface area is 126 Å². The fourth-order valence-electron chi connectivity index (χ4n) is 2.54. The van der Waals surface area contributed by atoms with E-state index in [9.17, 15) is 9.59 Å². The van der Waals surface area contributed by atoms with E-state index in [1.807, 2.05) is 20.8 Å². The Morgan fingerprint density at radius 2 is 1.95 bits per heavy atom. The second kappa shape index (κ2) is 8.22. The standard InChI is InChI=1S/C15H28N2O4/c1-15(2,3)21-14(19)17-10-11-6-5-7-12(11)16-9-8-13(18)20-4/h11-12,16H,5-10H2,1-4H3,(H,17,19). The third kappa shape index (κ3) is 7.32. The van der Waals surface area contributed by atoms with Gasteiger partial charge in [-0.3, -0.25) is 4.79 Å². The van der Waals surface area contributed by atoms with Crippen LogP contribution < -0.4 is 10.6 Å². The van der Waals surface area contributed by atoms with Gasteiger partial charge in [0.15, 0.2) is 0 Å². The zero-order valence-electron chi connectivity index (χ0n) is 13.5. The average Bonchev–Trinajstić information content (AvgIpc) is 2.81. The van der Waals surface area contributed by atoms with Crippen molar-refractivity contribution in [1.82, 2.24) is 10.6 Å². The second-order valence-electron chi connectivity index (χ2n) is 6.46. The van der Waals surface area contributed by atoms with Crippen LogP contribution in [0.25, 0.3) is 0 Å². The Morgan fingerprint density at radius 3 is 2.57 bits per heavy atom. The molecule has 0 heterocycles. The summed E-state index contributed by atoms with van der Waals surface area (Å²) in [4.78, 5) is 22.7. The Bertz CT molecular complexity index is 352. The highest BCUT2D eigenvalue weighted by Crippen LogP contribution is 2.25. The summed E-state index contributed by atoms with van der Waals surface area (Å²) in [6.07, 6.45) is 3.28. The van der Waals surface area contributed by atoms with Crippen molar-refractivity contribution < 1.29 is 19.1 Å². The van der Waals surface area contributed by atoms with Gasteiger partial charge >= 0.3 is 12.1 Å². The summed E-state index contributed by atoms with van der Waals surface area (Å²) in [6.45, 7) is 6.75. The van der Waals surface area contributed by atoms with Crippen molar-refractivity contribution in [2.24, 2.45) is 5.92 Å². The van der Waals surface area contributed by atoms with Crippen molar-refractivity contribution in [3.63, 3.8) is 0 Å². The first-order chi connectivity index (χ1) is 9.81. The van der Waals surface area contributed by atoms with Crippen molar-refractivity contribution in [1.29, 1.82) is 0 Å². The van der Waals surface area contributed by atoms with E-state index in [1.165, 1.54) is 7.11 Å². The molecule has 1 saturated carbocycles. The van der Waals surface area contributed by atoms with E-state index in [-0.39, 0.29) is 12.1 Å². The SMILES string of the molecule is COC(=O)CCNC1CCCC1CNC(=O)OC(C)(C)C. The van der Waals surface area contributed by atoms with Crippen LogP contribution in [0.2, 0.25) is 0 Å². The minimum Gasteiger partial charge on any atom is -0.469 e. The molecule has 0 aliphatic heterocycles. The van der Waals surface area contributed by atoms with E-state index in [4.69, 9.17) is 4.74 Å². The van der Waals surface area contributed by atoms with Crippen molar-refractivity contribution in [2.75, 3.05) is 20.2 Å². The number of hydrogen-bond donors (Lipinski definition) is 2. The summed E-state index contributed by atoms with van der Waals surface area (Å²) < 4.78 is 9.84. The molecule has 0 bridgehead atoms. The van der Waals surface area contributed by atoms with E-state index >= 15 is 0 Å². The maximum atomic E-state index is 11.6. The molecular formula is C15H28N2O4. The van der Waals surface area contributed by atoms with Crippen LogP contribution in [-0.4, -0.2) is 43.9 Å². The number of alkyl carbamates (subject to hydrolysis) is 1. The number of ether oxygens (including phenoxy) is 2. The molecule has 1 fully saturated rings. The Morgan fingerprint density at radius 1 is 1.24 bits per heavy atom. The lowest BCUT2D eigenvalue weighted by atomic mass is 10.0. The third-order valence-corrected chi connectivity index (χ3v) is 3.53. The molecule has 2 atom stereocenters. The first kappa shape index (κ1) is 17.8. The Kier molecular flexibility index (Phi) is 6.95. The fraction of sp³-hybridized carbons (Fsp3) is 0.867. The quantitative estimate of drug-likeness (QED) is 0.732. The number of nitrogens with one attached hydrogen (secondary N) is 2. The molecule has 2 unspecified atom stereocenters. The zero-order valence-corrected chi connectivity index (χ0v) is 13.5. The molecule has 0 radical (unpaired) electrons. The van der Waals surface area contributed by atoms with Gasteiger partial charge in [0.25, 0.3) is 0 Å². The van der Waals surface area contributed by atoms with E-state index in [2.05, 4.69) is 15.4 Å². The Balaban J connectivity index is 2.27. The summed E-state index contributed by atoms with van der Waals surface area (Å²) in [5, 5.41) is 6.20. The largest absolute Gasteiger partial charge is 0.469 e. The molecule has 6 nitrogen and oxygen atoms in total. The summed E-state index contributed by atoms with van der Waals surface area (Å²) in [5.74, 6) is 0.180. The highest BCUT2D eigenvalue weighted by molar-refractivity contribution is 5.69. The predicted molar refractivity (Wildman–Crippen MR) is 80.0 cm³/mol. The molecule has 122 valence electrons. The zero-order chi connectivity index (χ0) is 15.9. The van der Waals surface area contributed by atoms with E-state index < -0.39 is 5.60 Å². The van der Waals surface area contributed by atoms with Crippen LogP contribution in [-0.2, 0) is 14.3 Å². The van der Waals surface area contributed by atoms with Gasteiger partial charge in [0.2, 0.25) is 0 Å². The van der Waals surface area contributed by atoms with Crippen molar-refractivity contribution in [3.8, 4) is 0 Å². The molecule has 0 saturated heterocycles. The van der Waals surface area contributed by atoms with Crippen LogP contribution in [0, 0.1) is 5.92 Å². The normalized spacial score (nSPS) is 21.9. The molecule has 0 spiro atoms. The lowest BCUT2D eigenvalue weighted by molar-refractivity contribution is -0.140. The van der Waals surface area contributed by atoms with Crippen LogP contribution in [0.1, 0.15) is 46.5 Å². The van der Waals surface area contributed by atoms with Crippen molar-refractivity contribution in [3.05, 3.63) is 0 Å². The maximum absolute atomic E-state index is 11.6. The molecule has 0 aromatic heterocycles. The predicted octanol–water partition coefficient (Wildman–Crippen LogP) is 1.83. The lowest BCUT2D eigenvalue weighted by Gasteiger charge is -2.23. The number of hydrogen-bond acceptors (Lipinski definition) is 5. The summed E-state index contributed by atoms with van der Waals surface area (Å²) >= 11 is 0. The van der Waals surface area contributed by atoms with Crippen LogP contribution >= 0.6 is 0 Å². The van der Waals surface area contributed by atoms with Gasteiger partial charge < -0.3 is 20.1 Å². The summed E-state index contributed by atoms with van der Waals surface area (Å²) in [6, 6.07) is 0.338. The molecule has 0 aromatic rings. The monoisotopic (exact) mass is 300 g/mol. The summed E-state index contributed by atoms with van der Waals surface area (Å²) in [7, 11) is 1.39. The highest BCUT2D eigenvalue weighted by Gasteiger charge is 2.27.